The number of furan rings is 1. The van der Waals surface area contributed by atoms with Crippen molar-refractivity contribution in [3.63, 3.8) is 0 Å². The standard InChI is InChI=1S/C11H8BrN5O2/c12-5-7(18)6-4-9-15-10(8-2-1-3-19-8)16-17(9)11(13)14-6/h1-4H,5H2,(H2,13,14). The average Bonchev–Trinajstić information content (AvgIpc) is 3.05. The molecule has 0 aliphatic rings. The predicted molar refractivity (Wildman–Crippen MR) is 71.0 cm³/mol. The summed E-state index contributed by atoms with van der Waals surface area (Å²) in [5, 5.41) is 4.36. The molecule has 0 radical (unpaired) electrons. The maximum atomic E-state index is 11.6. The molecule has 0 saturated carbocycles. The van der Waals surface area contributed by atoms with Gasteiger partial charge in [0.15, 0.2) is 17.2 Å². The Morgan fingerprint density at radius 1 is 1.47 bits per heavy atom. The number of fused-ring (bicyclic) bond motifs is 1. The fourth-order valence-electron chi connectivity index (χ4n) is 1.63. The van der Waals surface area contributed by atoms with Gasteiger partial charge >= 0.3 is 0 Å². The molecule has 0 saturated heterocycles. The van der Waals surface area contributed by atoms with Gasteiger partial charge in [0.1, 0.15) is 5.69 Å². The first kappa shape index (κ1) is 11.8. The van der Waals surface area contributed by atoms with E-state index in [-0.39, 0.29) is 22.8 Å². The third-order valence-corrected chi connectivity index (χ3v) is 3.01. The molecule has 2 N–H and O–H groups in total. The molecular weight excluding hydrogens is 314 g/mol. The second-order valence-electron chi connectivity index (χ2n) is 3.74. The lowest BCUT2D eigenvalue weighted by molar-refractivity contribution is 0.101. The Morgan fingerprint density at radius 2 is 2.32 bits per heavy atom. The fraction of sp³-hybridized carbons (Fsp3) is 0.0909. The first-order chi connectivity index (χ1) is 9.19. The number of aromatic nitrogens is 4. The molecule has 8 heteroatoms. The molecule has 7 nitrogen and oxygen atoms in total. The summed E-state index contributed by atoms with van der Waals surface area (Å²) in [6.45, 7) is 0. The SMILES string of the molecule is Nc1nc(C(=O)CBr)cc2nc(-c3ccco3)nn12. The van der Waals surface area contributed by atoms with Gasteiger partial charge in [-0.25, -0.2) is 9.97 Å². The van der Waals surface area contributed by atoms with Crippen LogP contribution in [-0.2, 0) is 0 Å². The van der Waals surface area contributed by atoms with Gasteiger partial charge in [0.2, 0.25) is 11.8 Å². The van der Waals surface area contributed by atoms with Crippen molar-refractivity contribution in [2.24, 2.45) is 0 Å². The molecule has 0 aromatic carbocycles. The Balaban J connectivity index is 2.17. The largest absolute Gasteiger partial charge is 0.461 e. The molecule has 0 amide bonds. The summed E-state index contributed by atoms with van der Waals surface area (Å²) in [5.74, 6) is 0.849. The van der Waals surface area contributed by atoms with E-state index in [4.69, 9.17) is 10.2 Å². The van der Waals surface area contributed by atoms with Crippen LogP contribution in [0, 0.1) is 0 Å². The molecule has 0 spiro atoms. The highest BCUT2D eigenvalue weighted by Gasteiger charge is 2.14. The normalized spacial score (nSPS) is 11.0. The van der Waals surface area contributed by atoms with Crippen molar-refractivity contribution >= 4 is 33.3 Å². The highest BCUT2D eigenvalue weighted by molar-refractivity contribution is 9.09. The highest BCUT2D eigenvalue weighted by atomic mass is 79.9. The zero-order valence-electron chi connectivity index (χ0n) is 9.58. The van der Waals surface area contributed by atoms with Gasteiger partial charge in [0, 0.05) is 6.07 Å². The van der Waals surface area contributed by atoms with Crippen LogP contribution in [0.2, 0.25) is 0 Å². The van der Waals surface area contributed by atoms with Crippen LogP contribution in [0.1, 0.15) is 10.5 Å². The van der Waals surface area contributed by atoms with Crippen LogP contribution in [0.3, 0.4) is 0 Å². The fourth-order valence-corrected chi connectivity index (χ4v) is 1.92. The van der Waals surface area contributed by atoms with Crippen molar-refractivity contribution in [3.8, 4) is 11.6 Å². The van der Waals surface area contributed by atoms with E-state index < -0.39 is 0 Å². The van der Waals surface area contributed by atoms with E-state index >= 15 is 0 Å². The van der Waals surface area contributed by atoms with Crippen molar-refractivity contribution in [2.75, 3.05) is 11.1 Å². The molecule has 96 valence electrons. The van der Waals surface area contributed by atoms with E-state index in [1.807, 2.05) is 0 Å². The average molecular weight is 322 g/mol. The number of rotatable bonds is 3. The first-order valence-electron chi connectivity index (χ1n) is 5.35. The maximum Gasteiger partial charge on any atom is 0.223 e. The van der Waals surface area contributed by atoms with Crippen LogP contribution in [0.25, 0.3) is 17.2 Å². The number of carbonyl (C=O) groups is 1. The van der Waals surface area contributed by atoms with Gasteiger partial charge in [-0.1, -0.05) is 15.9 Å². The summed E-state index contributed by atoms with van der Waals surface area (Å²) < 4.78 is 6.58. The molecule has 0 fully saturated rings. The number of hydrogen-bond acceptors (Lipinski definition) is 6. The lowest BCUT2D eigenvalue weighted by atomic mass is 10.3. The summed E-state index contributed by atoms with van der Waals surface area (Å²) in [7, 11) is 0. The predicted octanol–water partition coefficient (Wildman–Crippen LogP) is 1.54. The van der Waals surface area contributed by atoms with Crippen LogP contribution < -0.4 is 5.73 Å². The van der Waals surface area contributed by atoms with Crippen LogP contribution >= 0.6 is 15.9 Å². The number of anilines is 1. The number of hydrogen-bond donors (Lipinski definition) is 1. The van der Waals surface area contributed by atoms with Crippen molar-refractivity contribution in [2.45, 2.75) is 0 Å². The van der Waals surface area contributed by atoms with Crippen LogP contribution in [0.5, 0.6) is 0 Å². The van der Waals surface area contributed by atoms with Gasteiger partial charge in [-0.3, -0.25) is 4.79 Å². The second-order valence-corrected chi connectivity index (χ2v) is 4.30. The topological polar surface area (TPSA) is 99.3 Å². The number of nitrogens with two attached hydrogens (primary N) is 1. The summed E-state index contributed by atoms with van der Waals surface area (Å²) in [6, 6.07) is 5.02. The molecule has 0 unspecified atom stereocenters. The van der Waals surface area contributed by atoms with E-state index in [2.05, 4.69) is 31.0 Å². The van der Waals surface area contributed by atoms with E-state index in [1.165, 1.54) is 10.8 Å². The zero-order valence-corrected chi connectivity index (χ0v) is 11.2. The van der Waals surface area contributed by atoms with Gasteiger partial charge in [0.05, 0.1) is 11.6 Å². The highest BCUT2D eigenvalue weighted by Crippen LogP contribution is 2.18. The molecule has 0 bridgehead atoms. The van der Waals surface area contributed by atoms with Crippen LogP contribution in [0.15, 0.2) is 28.9 Å². The number of ketones is 1. The van der Waals surface area contributed by atoms with Crippen molar-refractivity contribution in [3.05, 3.63) is 30.2 Å². The van der Waals surface area contributed by atoms with Crippen molar-refractivity contribution < 1.29 is 9.21 Å². The Hall–Kier alpha value is -2.22. The minimum absolute atomic E-state index is 0.104. The molecule has 3 aromatic heterocycles. The quantitative estimate of drug-likeness (QED) is 0.580. The lowest BCUT2D eigenvalue weighted by Crippen LogP contribution is -2.09. The van der Waals surface area contributed by atoms with Gasteiger partial charge in [-0.05, 0) is 12.1 Å². The molecule has 0 aliphatic heterocycles. The van der Waals surface area contributed by atoms with E-state index in [9.17, 15) is 4.79 Å². The number of halogens is 1. The Morgan fingerprint density at radius 3 is 3.00 bits per heavy atom. The molecule has 0 aliphatic carbocycles. The Labute approximate surface area is 115 Å². The van der Waals surface area contributed by atoms with E-state index in [0.29, 0.717) is 17.2 Å². The first-order valence-corrected chi connectivity index (χ1v) is 6.47. The number of alkyl halides is 1. The minimum Gasteiger partial charge on any atom is -0.461 e. The lowest BCUT2D eigenvalue weighted by Gasteiger charge is -2.00. The van der Waals surface area contributed by atoms with Gasteiger partial charge in [0.25, 0.3) is 0 Å². The summed E-state index contributed by atoms with van der Waals surface area (Å²) in [6.07, 6.45) is 1.53. The molecule has 3 aromatic rings. The smallest absolute Gasteiger partial charge is 0.223 e. The summed E-state index contributed by atoms with van der Waals surface area (Å²) in [4.78, 5) is 19.9. The third-order valence-electron chi connectivity index (χ3n) is 2.50. The number of carbonyl (C=O) groups excluding carboxylic acids is 1. The molecule has 3 heterocycles. The minimum atomic E-state index is -0.170. The van der Waals surface area contributed by atoms with Crippen molar-refractivity contribution in [1.29, 1.82) is 0 Å². The molecular formula is C11H8BrN5O2. The van der Waals surface area contributed by atoms with E-state index in [1.54, 1.807) is 18.2 Å². The zero-order chi connectivity index (χ0) is 13.4. The maximum absolute atomic E-state index is 11.6. The number of nitrogen functional groups attached to an aromatic ring is 1. The van der Waals surface area contributed by atoms with Crippen molar-refractivity contribution in [1.82, 2.24) is 19.6 Å². The molecule has 19 heavy (non-hydrogen) atoms. The number of Topliss-reactive ketones (excluding diaryl/α,β-unsaturated/α-hetero) is 1. The second kappa shape index (κ2) is 4.47. The van der Waals surface area contributed by atoms with Gasteiger partial charge < -0.3 is 10.2 Å². The van der Waals surface area contributed by atoms with E-state index in [0.717, 1.165) is 0 Å². The molecule has 0 atom stereocenters. The van der Waals surface area contributed by atoms with Gasteiger partial charge in [-0.2, -0.15) is 4.52 Å². The summed E-state index contributed by atoms with van der Waals surface area (Å²) in [5.41, 5.74) is 6.47. The molecule has 3 rings (SSSR count). The van der Waals surface area contributed by atoms with Crippen LogP contribution in [0.4, 0.5) is 5.95 Å². The van der Waals surface area contributed by atoms with Crippen LogP contribution in [-0.4, -0.2) is 30.7 Å². The third kappa shape index (κ3) is 1.99. The van der Waals surface area contributed by atoms with Gasteiger partial charge in [-0.15, -0.1) is 5.10 Å². The monoisotopic (exact) mass is 321 g/mol. The number of nitrogens with zero attached hydrogens (tertiary/aromatic N) is 4. The summed E-state index contributed by atoms with van der Waals surface area (Å²) >= 11 is 3.09. The Kier molecular flexibility index (Phi) is 2.79. The Bertz CT molecular complexity index is 750.